The third-order valence-electron chi connectivity index (χ3n) is 8.68. The zero-order valence-electron chi connectivity index (χ0n) is 23.8. The summed E-state index contributed by atoms with van der Waals surface area (Å²) in [6.45, 7) is 9.68. The highest BCUT2D eigenvalue weighted by molar-refractivity contribution is 6.16. The first-order valence-corrected chi connectivity index (χ1v) is 14.6. The molecular weight excluding hydrogens is 518 g/mol. The fraction of sp³-hybridized carbons (Fsp3) is 0.0238. The maximum Gasteiger partial charge on any atom is 0.187 e. The van der Waals surface area contributed by atoms with E-state index in [1.54, 1.807) is 0 Å². The SMILES string of the molecule is [C-]#[N+]c1cccc(-c2ccc3c(c2)-c2cc(-c4cccc(C)c4)ccc2C3=C2c3ccccc3C=Cc3ccccc32)c1. The maximum atomic E-state index is 7.53. The summed E-state index contributed by atoms with van der Waals surface area (Å²) in [6, 6.07) is 47.9. The molecule has 0 amide bonds. The van der Waals surface area contributed by atoms with Gasteiger partial charge in [-0.05, 0) is 103 Å². The third-order valence-corrected chi connectivity index (χ3v) is 8.68. The molecule has 0 heterocycles. The molecule has 43 heavy (non-hydrogen) atoms. The number of hydrogen-bond acceptors (Lipinski definition) is 0. The molecule has 1 nitrogen and oxygen atoms in total. The average molecular weight is 546 g/mol. The fourth-order valence-corrected chi connectivity index (χ4v) is 6.66. The van der Waals surface area contributed by atoms with E-state index < -0.39 is 0 Å². The molecule has 0 spiro atoms. The van der Waals surface area contributed by atoms with Crippen LogP contribution in [-0.4, -0.2) is 0 Å². The van der Waals surface area contributed by atoms with Crippen LogP contribution in [0.15, 0.2) is 133 Å². The molecule has 0 aliphatic heterocycles. The number of hydrogen-bond donors (Lipinski definition) is 0. The van der Waals surface area contributed by atoms with Crippen LogP contribution in [0.3, 0.4) is 0 Å². The smallest absolute Gasteiger partial charge is 0.187 e. The normalized spacial score (nSPS) is 12.6. The van der Waals surface area contributed by atoms with Gasteiger partial charge in [-0.15, -0.1) is 0 Å². The Labute approximate surface area is 252 Å². The standard InChI is InChI=1S/C42H27N/c1-27-9-7-12-30(23-27)32-19-21-37-39(25-32)40-26-33(31-13-8-14-34(24-31)43-2)20-22-38(40)42(37)41-35-15-5-3-10-28(35)17-18-29-11-4-6-16-36(29)41/h3-26H,1H3. The van der Waals surface area contributed by atoms with Gasteiger partial charge in [0.25, 0.3) is 0 Å². The molecule has 1 heteroatoms. The van der Waals surface area contributed by atoms with Crippen molar-refractivity contribution < 1.29 is 0 Å². The van der Waals surface area contributed by atoms with Crippen LogP contribution in [0.4, 0.5) is 5.69 Å². The summed E-state index contributed by atoms with van der Waals surface area (Å²) in [5.74, 6) is 0. The summed E-state index contributed by atoms with van der Waals surface area (Å²) in [5.41, 5.74) is 18.9. The predicted octanol–water partition coefficient (Wildman–Crippen LogP) is 11.4. The van der Waals surface area contributed by atoms with Gasteiger partial charge in [0.05, 0.1) is 6.57 Å². The van der Waals surface area contributed by atoms with Crippen LogP contribution in [-0.2, 0) is 0 Å². The molecule has 2 aliphatic carbocycles. The van der Waals surface area contributed by atoms with Gasteiger partial charge < -0.3 is 0 Å². The Kier molecular flexibility index (Phi) is 5.81. The van der Waals surface area contributed by atoms with Crippen LogP contribution in [0.5, 0.6) is 0 Å². The van der Waals surface area contributed by atoms with Gasteiger partial charge in [0.15, 0.2) is 5.69 Å². The number of rotatable bonds is 2. The lowest BCUT2D eigenvalue weighted by molar-refractivity contribution is 1.46. The summed E-state index contributed by atoms with van der Waals surface area (Å²) in [6.07, 6.45) is 4.49. The van der Waals surface area contributed by atoms with Crippen LogP contribution < -0.4 is 0 Å². The Morgan fingerprint density at radius 2 is 0.930 bits per heavy atom. The number of aryl methyl sites for hydroxylation is 1. The van der Waals surface area contributed by atoms with Crippen LogP contribution in [0, 0.1) is 13.5 Å². The van der Waals surface area contributed by atoms with Crippen LogP contribution in [0.25, 0.3) is 61.5 Å². The van der Waals surface area contributed by atoms with Crippen LogP contribution in [0.2, 0.25) is 0 Å². The topological polar surface area (TPSA) is 4.36 Å². The van der Waals surface area contributed by atoms with Gasteiger partial charge in [-0.25, -0.2) is 4.85 Å². The maximum absolute atomic E-state index is 7.53. The largest absolute Gasteiger partial charge is 0.238 e. The molecule has 2 aliphatic rings. The molecule has 0 N–H and O–H groups in total. The molecule has 0 radical (unpaired) electrons. The lowest BCUT2D eigenvalue weighted by Gasteiger charge is -2.17. The molecule has 0 aromatic heterocycles. The van der Waals surface area contributed by atoms with Crippen molar-refractivity contribution in [3.05, 3.63) is 184 Å². The van der Waals surface area contributed by atoms with E-state index in [2.05, 4.69) is 139 Å². The minimum atomic E-state index is 0.655. The van der Waals surface area contributed by atoms with Crippen molar-refractivity contribution in [2.24, 2.45) is 0 Å². The molecule has 6 aromatic carbocycles. The Bertz CT molecular complexity index is 2150. The Hall–Kier alpha value is -5.71. The van der Waals surface area contributed by atoms with E-state index >= 15 is 0 Å². The predicted molar refractivity (Wildman–Crippen MR) is 181 cm³/mol. The molecule has 8 rings (SSSR count). The van der Waals surface area contributed by atoms with Crippen molar-refractivity contribution in [3.63, 3.8) is 0 Å². The highest BCUT2D eigenvalue weighted by Gasteiger charge is 2.30. The molecule has 0 fully saturated rings. The van der Waals surface area contributed by atoms with Crippen molar-refractivity contribution in [2.45, 2.75) is 6.92 Å². The highest BCUT2D eigenvalue weighted by atomic mass is 14.6. The van der Waals surface area contributed by atoms with Crippen LogP contribution >= 0.6 is 0 Å². The number of fused-ring (bicyclic) bond motifs is 5. The Balaban J connectivity index is 1.45. The first kappa shape index (κ1) is 25.0. The van der Waals surface area contributed by atoms with Gasteiger partial charge in [-0.3, -0.25) is 0 Å². The second-order valence-corrected chi connectivity index (χ2v) is 11.3. The van der Waals surface area contributed by atoms with E-state index in [1.165, 1.54) is 72.3 Å². The molecule has 0 saturated carbocycles. The lowest BCUT2D eigenvalue weighted by atomic mass is 9.85. The summed E-state index contributed by atoms with van der Waals surface area (Å²) in [7, 11) is 0. The lowest BCUT2D eigenvalue weighted by Crippen LogP contribution is -1.97. The van der Waals surface area contributed by atoms with E-state index in [0.29, 0.717) is 5.69 Å². The Morgan fingerprint density at radius 3 is 1.51 bits per heavy atom. The minimum absolute atomic E-state index is 0.655. The van der Waals surface area contributed by atoms with E-state index in [-0.39, 0.29) is 0 Å². The van der Waals surface area contributed by atoms with Gasteiger partial charge in [0.2, 0.25) is 0 Å². The molecule has 6 aromatic rings. The molecule has 200 valence electrons. The van der Waals surface area contributed by atoms with E-state index in [1.807, 2.05) is 18.2 Å². The third kappa shape index (κ3) is 4.16. The van der Waals surface area contributed by atoms with E-state index in [0.717, 1.165) is 11.1 Å². The average Bonchev–Trinajstić information content (AvgIpc) is 3.27. The summed E-state index contributed by atoms with van der Waals surface area (Å²) in [5, 5.41) is 0. The molecule has 0 bridgehead atoms. The first-order chi connectivity index (χ1) is 21.2. The molecule has 0 unspecified atom stereocenters. The van der Waals surface area contributed by atoms with Gasteiger partial charge in [0, 0.05) is 0 Å². The van der Waals surface area contributed by atoms with Gasteiger partial charge in [-0.2, -0.15) is 0 Å². The van der Waals surface area contributed by atoms with Gasteiger partial charge in [-0.1, -0.05) is 133 Å². The van der Waals surface area contributed by atoms with Gasteiger partial charge >= 0.3 is 0 Å². The monoisotopic (exact) mass is 545 g/mol. The van der Waals surface area contributed by atoms with Crippen molar-refractivity contribution in [3.8, 4) is 33.4 Å². The highest BCUT2D eigenvalue weighted by Crippen LogP contribution is 2.52. The van der Waals surface area contributed by atoms with Crippen molar-refractivity contribution in [1.29, 1.82) is 0 Å². The van der Waals surface area contributed by atoms with Crippen molar-refractivity contribution in [1.82, 2.24) is 0 Å². The summed E-state index contributed by atoms with van der Waals surface area (Å²) >= 11 is 0. The van der Waals surface area contributed by atoms with E-state index in [4.69, 9.17) is 6.57 Å². The molecule has 0 atom stereocenters. The molecule has 0 saturated heterocycles. The van der Waals surface area contributed by atoms with Crippen molar-refractivity contribution in [2.75, 3.05) is 0 Å². The summed E-state index contributed by atoms with van der Waals surface area (Å²) < 4.78 is 0. The minimum Gasteiger partial charge on any atom is -0.238 e. The number of nitrogens with zero attached hydrogens (tertiary/aromatic N) is 1. The second kappa shape index (κ2) is 9.98. The summed E-state index contributed by atoms with van der Waals surface area (Å²) in [4.78, 5) is 3.68. The number of benzene rings is 6. The first-order valence-electron chi connectivity index (χ1n) is 14.6. The van der Waals surface area contributed by atoms with E-state index in [9.17, 15) is 0 Å². The zero-order valence-corrected chi connectivity index (χ0v) is 23.8. The van der Waals surface area contributed by atoms with Crippen LogP contribution in [0.1, 0.15) is 38.9 Å². The fourth-order valence-electron chi connectivity index (χ4n) is 6.66. The molecular formula is C42H27N. The van der Waals surface area contributed by atoms with Crippen molar-refractivity contribution >= 4 is 29.0 Å². The zero-order chi connectivity index (χ0) is 28.9. The Morgan fingerprint density at radius 1 is 0.419 bits per heavy atom. The quantitative estimate of drug-likeness (QED) is 0.190. The van der Waals surface area contributed by atoms with Gasteiger partial charge in [0.1, 0.15) is 0 Å². The second-order valence-electron chi connectivity index (χ2n) is 11.3.